The van der Waals surface area contributed by atoms with Crippen molar-refractivity contribution < 1.29 is 14.7 Å². The van der Waals surface area contributed by atoms with Crippen molar-refractivity contribution in [3.8, 4) is 16.9 Å². The van der Waals surface area contributed by atoms with Crippen LogP contribution in [0.2, 0.25) is 0 Å². The second-order valence-electron chi connectivity index (χ2n) is 3.79. The molecule has 0 saturated carbocycles. The minimum absolute atomic E-state index is 0.442. The van der Waals surface area contributed by atoms with E-state index >= 15 is 0 Å². The van der Waals surface area contributed by atoms with E-state index < -0.39 is 7.32 Å². The van der Waals surface area contributed by atoms with E-state index in [0.717, 1.165) is 16.7 Å². The molecule has 2 rings (SSSR count). The van der Waals surface area contributed by atoms with Gasteiger partial charge in [0.1, 0.15) is 5.75 Å². The van der Waals surface area contributed by atoms with E-state index in [0.29, 0.717) is 5.75 Å². The maximum Gasteiger partial charge on any atom is 0.707 e. The van der Waals surface area contributed by atoms with Crippen molar-refractivity contribution in [3.63, 3.8) is 0 Å². The molecule has 0 fully saturated rings. The molecular formula is C13H13BO3. The molecule has 0 aliphatic rings. The summed E-state index contributed by atoms with van der Waals surface area (Å²) < 4.78 is 4.80. The summed E-state index contributed by atoms with van der Waals surface area (Å²) in [5.74, 6) is 0.442. The summed E-state index contributed by atoms with van der Waals surface area (Å²) in [6.07, 6.45) is 0. The molecule has 0 heterocycles. The van der Waals surface area contributed by atoms with E-state index in [1.807, 2.05) is 43.3 Å². The molecule has 2 aromatic carbocycles. The lowest BCUT2D eigenvalue weighted by molar-refractivity contribution is 0.288. The first-order valence-corrected chi connectivity index (χ1v) is 5.35. The van der Waals surface area contributed by atoms with Gasteiger partial charge in [0.2, 0.25) is 0 Å². The Kier molecular flexibility index (Phi) is 3.47. The van der Waals surface area contributed by atoms with Crippen LogP contribution in [-0.2, 0) is 0 Å². The third kappa shape index (κ3) is 2.87. The van der Waals surface area contributed by atoms with Crippen molar-refractivity contribution in [3.05, 3.63) is 54.1 Å². The number of aryl methyl sites for hydroxylation is 1. The molecule has 0 aliphatic carbocycles. The van der Waals surface area contributed by atoms with Crippen LogP contribution in [0.15, 0.2) is 48.5 Å². The fraction of sp³-hybridized carbons (Fsp3) is 0.0769. The largest absolute Gasteiger partial charge is 0.707 e. The van der Waals surface area contributed by atoms with Gasteiger partial charge < -0.3 is 14.7 Å². The van der Waals surface area contributed by atoms with Crippen LogP contribution >= 0.6 is 0 Å². The summed E-state index contributed by atoms with van der Waals surface area (Å²) in [4.78, 5) is 0. The zero-order valence-corrected chi connectivity index (χ0v) is 9.50. The normalized spacial score (nSPS) is 10.1. The average molecular weight is 228 g/mol. The van der Waals surface area contributed by atoms with Crippen LogP contribution in [0.1, 0.15) is 5.56 Å². The van der Waals surface area contributed by atoms with Crippen molar-refractivity contribution in [2.45, 2.75) is 6.92 Å². The fourth-order valence-electron chi connectivity index (χ4n) is 1.77. The Morgan fingerprint density at radius 1 is 1.00 bits per heavy atom. The number of hydrogen-bond donors (Lipinski definition) is 2. The van der Waals surface area contributed by atoms with Gasteiger partial charge in [-0.25, -0.2) is 0 Å². The minimum atomic E-state index is -1.78. The maximum atomic E-state index is 8.72. The average Bonchev–Trinajstić information content (AvgIpc) is 2.29. The highest BCUT2D eigenvalue weighted by molar-refractivity contribution is 6.33. The first-order valence-electron chi connectivity index (χ1n) is 5.35. The molecule has 0 aromatic heterocycles. The standard InChI is InChI=1S/C13H13BO3/c1-10-9-12(17-14(15)16)7-8-13(10)11-5-3-2-4-6-11/h2-9,15-16H,1H3. The van der Waals surface area contributed by atoms with E-state index in [-0.39, 0.29) is 0 Å². The highest BCUT2D eigenvalue weighted by atomic mass is 16.6. The summed E-state index contributed by atoms with van der Waals surface area (Å²) in [5, 5.41) is 17.4. The van der Waals surface area contributed by atoms with Crippen LogP contribution in [0, 0.1) is 6.92 Å². The molecule has 2 N–H and O–H groups in total. The van der Waals surface area contributed by atoms with Gasteiger partial charge in [0.25, 0.3) is 0 Å². The Balaban J connectivity index is 2.32. The molecule has 0 unspecified atom stereocenters. The van der Waals surface area contributed by atoms with Gasteiger partial charge >= 0.3 is 7.32 Å². The number of hydrogen-bond acceptors (Lipinski definition) is 3. The van der Waals surface area contributed by atoms with E-state index in [2.05, 4.69) is 0 Å². The number of rotatable bonds is 3. The SMILES string of the molecule is Cc1cc(OB(O)O)ccc1-c1ccccc1. The van der Waals surface area contributed by atoms with Gasteiger partial charge in [-0.15, -0.1) is 0 Å². The Hall–Kier alpha value is -1.78. The van der Waals surface area contributed by atoms with Crippen LogP contribution in [0.5, 0.6) is 5.75 Å². The summed E-state index contributed by atoms with van der Waals surface area (Å²) in [5.41, 5.74) is 3.25. The first kappa shape index (κ1) is 11.7. The molecule has 17 heavy (non-hydrogen) atoms. The van der Waals surface area contributed by atoms with Crippen molar-refractivity contribution in [2.75, 3.05) is 0 Å². The third-order valence-corrected chi connectivity index (χ3v) is 2.52. The second-order valence-corrected chi connectivity index (χ2v) is 3.79. The summed E-state index contributed by atoms with van der Waals surface area (Å²) >= 11 is 0. The molecule has 4 heteroatoms. The summed E-state index contributed by atoms with van der Waals surface area (Å²) in [6, 6.07) is 15.4. The second kappa shape index (κ2) is 5.04. The van der Waals surface area contributed by atoms with Gasteiger partial charge in [0.15, 0.2) is 0 Å². The summed E-state index contributed by atoms with van der Waals surface area (Å²) in [7, 11) is -1.78. The van der Waals surface area contributed by atoms with Crippen LogP contribution in [0.25, 0.3) is 11.1 Å². The van der Waals surface area contributed by atoms with Gasteiger partial charge in [-0.05, 0) is 35.7 Å². The van der Waals surface area contributed by atoms with Crippen LogP contribution in [0.4, 0.5) is 0 Å². The van der Waals surface area contributed by atoms with Crippen LogP contribution < -0.4 is 4.65 Å². The molecular weight excluding hydrogens is 215 g/mol. The van der Waals surface area contributed by atoms with E-state index in [1.165, 1.54) is 0 Å². The topological polar surface area (TPSA) is 49.7 Å². The smallest absolute Gasteiger partial charge is 0.512 e. The maximum absolute atomic E-state index is 8.72. The van der Waals surface area contributed by atoms with Crippen molar-refractivity contribution in [2.24, 2.45) is 0 Å². The quantitative estimate of drug-likeness (QED) is 0.790. The molecule has 2 aromatic rings. The molecule has 3 nitrogen and oxygen atoms in total. The third-order valence-electron chi connectivity index (χ3n) is 2.52. The highest BCUT2D eigenvalue weighted by Crippen LogP contribution is 2.26. The van der Waals surface area contributed by atoms with Crippen LogP contribution in [0.3, 0.4) is 0 Å². The highest BCUT2D eigenvalue weighted by Gasteiger charge is 2.12. The minimum Gasteiger partial charge on any atom is -0.512 e. The van der Waals surface area contributed by atoms with Gasteiger partial charge in [0, 0.05) is 0 Å². The zero-order chi connectivity index (χ0) is 12.3. The van der Waals surface area contributed by atoms with E-state index in [4.69, 9.17) is 14.7 Å². The van der Waals surface area contributed by atoms with E-state index in [1.54, 1.807) is 12.1 Å². The predicted molar refractivity (Wildman–Crippen MR) is 67.4 cm³/mol. The molecule has 86 valence electrons. The van der Waals surface area contributed by atoms with Crippen molar-refractivity contribution >= 4 is 7.32 Å². The Bertz CT molecular complexity index is 497. The Morgan fingerprint density at radius 2 is 1.71 bits per heavy atom. The lowest BCUT2D eigenvalue weighted by atomic mass is 10.0. The van der Waals surface area contributed by atoms with Crippen LogP contribution in [-0.4, -0.2) is 17.4 Å². The molecule has 0 aliphatic heterocycles. The van der Waals surface area contributed by atoms with Gasteiger partial charge in [-0.2, -0.15) is 0 Å². The first-order chi connectivity index (χ1) is 8.16. The monoisotopic (exact) mass is 228 g/mol. The predicted octanol–water partition coefficient (Wildman–Crippen LogP) is 2.01. The lowest BCUT2D eigenvalue weighted by Crippen LogP contribution is -2.20. The molecule has 0 atom stereocenters. The fourth-order valence-corrected chi connectivity index (χ4v) is 1.77. The van der Waals surface area contributed by atoms with E-state index in [9.17, 15) is 0 Å². The molecule has 0 saturated heterocycles. The van der Waals surface area contributed by atoms with Gasteiger partial charge in [0.05, 0.1) is 0 Å². The Morgan fingerprint density at radius 3 is 2.29 bits per heavy atom. The molecule has 0 radical (unpaired) electrons. The molecule has 0 spiro atoms. The van der Waals surface area contributed by atoms with Crippen molar-refractivity contribution in [1.82, 2.24) is 0 Å². The summed E-state index contributed by atoms with van der Waals surface area (Å²) in [6.45, 7) is 1.96. The van der Waals surface area contributed by atoms with Gasteiger partial charge in [-0.3, -0.25) is 0 Å². The van der Waals surface area contributed by atoms with Gasteiger partial charge in [-0.1, -0.05) is 36.4 Å². The zero-order valence-electron chi connectivity index (χ0n) is 9.50. The Labute approximate surface area is 100 Å². The van der Waals surface area contributed by atoms with Crippen molar-refractivity contribution in [1.29, 1.82) is 0 Å². The lowest BCUT2D eigenvalue weighted by Gasteiger charge is -2.09. The number of benzene rings is 2. The molecule has 0 bridgehead atoms. The molecule has 0 amide bonds.